The third-order valence-corrected chi connectivity index (χ3v) is 3.18. The lowest BCUT2D eigenvalue weighted by Crippen LogP contribution is -2.60. The van der Waals surface area contributed by atoms with Crippen molar-refractivity contribution in [3.63, 3.8) is 0 Å². The number of ketones is 1. The molecule has 1 atom stereocenters. The number of rotatable bonds is 2. The molecule has 0 aliphatic carbocycles. The Balaban J connectivity index is 2.14. The van der Waals surface area contributed by atoms with Gasteiger partial charge in [0, 0.05) is 19.5 Å². The Morgan fingerprint density at radius 1 is 1.56 bits per heavy atom. The van der Waals surface area contributed by atoms with E-state index in [0.29, 0.717) is 6.54 Å². The number of nitrogens with zero attached hydrogens (tertiary/aromatic N) is 1. The Morgan fingerprint density at radius 2 is 2.22 bits per heavy atom. The molecule has 0 radical (unpaired) electrons. The molecule has 0 aromatic rings. The van der Waals surface area contributed by atoms with Crippen LogP contribution in [0.25, 0.3) is 0 Å². The molecule has 0 aromatic carbocycles. The van der Waals surface area contributed by atoms with E-state index in [9.17, 15) is 14.8 Å². The van der Waals surface area contributed by atoms with E-state index in [-0.39, 0.29) is 32.0 Å². The van der Waals surface area contributed by atoms with E-state index in [1.54, 1.807) is 0 Å². The number of hydroxylamine groups is 1. The van der Waals surface area contributed by atoms with Gasteiger partial charge < -0.3 is 24.3 Å². The topological polar surface area (TPSA) is 97.3 Å². The third-order valence-electron chi connectivity index (χ3n) is 3.18. The van der Waals surface area contributed by atoms with Gasteiger partial charge in [-0.05, 0) is 0 Å². The molecule has 0 saturated carbocycles. The number of carbonyl (C=O) groups is 2. The number of ether oxygens (including phenoxy) is 3. The molecule has 2 rings (SSSR count). The summed E-state index contributed by atoms with van der Waals surface area (Å²) in [5.74, 6) is -2.46. The summed E-state index contributed by atoms with van der Waals surface area (Å²) in [7, 11) is 1.27. The number of likely N-dealkylation sites (tertiary alicyclic amines) is 1. The Hall–Kier alpha value is -1.22. The zero-order valence-electron chi connectivity index (χ0n) is 10.0. The lowest BCUT2D eigenvalue weighted by molar-refractivity contribution is -0.265. The van der Waals surface area contributed by atoms with Crippen molar-refractivity contribution >= 4 is 11.9 Å². The van der Waals surface area contributed by atoms with Gasteiger partial charge in [0.25, 0.3) is 5.91 Å². The van der Waals surface area contributed by atoms with Crippen molar-refractivity contribution in [1.29, 1.82) is 0 Å². The molecule has 1 unspecified atom stereocenters. The standard InChI is InChI=1S/C10H16N2O6/c1-16-9(14)12-3-2-8(13)7(6-12)10(11-15)17-4-5-18-10/h7,11,15H,2-6H2,1H3. The molecule has 8 nitrogen and oxygen atoms in total. The first kappa shape index (κ1) is 13.2. The minimum absolute atomic E-state index is 0.0824. The quantitative estimate of drug-likeness (QED) is 0.635. The molecule has 2 aliphatic rings. The van der Waals surface area contributed by atoms with Gasteiger partial charge in [-0.25, -0.2) is 4.79 Å². The highest BCUT2D eigenvalue weighted by atomic mass is 16.8. The maximum atomic E-state index is 11.9. The third kappa shape index (κ3) is 2.19. The van der Waals surface area contributed by atoms with Crippen LogP contribution < -0.4 is 5.48 Å². The van der Waals surface area contributed by atoms with E-state index < -0.39 is 17.9 Å². The Labute approximate surface area is 104 Å². The van der Waals surface area contributed by atoms with E-state index in [4.69, 9.17) is 9.47 Å². The van der Waals surface area contributed by atoms with Crippen LogP contribution in [-0.4, -0.2) is 61.3 Å². The lowest BCUT2D eigenvalue weighted by Gasteiger charge is -2.38. The van der Waals surface area contributed by atoms with Crippen LogP contribution in [0.3, 0.4) is 0 Å². The number of amides is 1. The summed E-state index contributed by atoms with van der Waals surface area (Å²) in [6, 6.07) is 0. The summed E-state index contributed by atoms with van der Waals surface area (Å²) in [5.41, 5.74) is 1.91. The molecule has 18 heavy (non-hydrogen) atoms. The van der Waals surface area contributed by atoms with E-state index in [2.05, 4.69) is 4.74 Å². The number of Topliss-reactive ketones (excluding diaryl/α,β-unsaturated/α-hetero) is 1. The molecule has 2 heterocycles. The van der Waals surface area contributed by atoms with E-state index in [1.165, 1.54) is 12.0 Å². The second-order valence-corrected chi connectivity index (χ2v) is 4.16. The van der Waals surface area contributed by atoms with E-state index in [1.807, 2.05) is 5.48 Å². The summed E-state index contributed by atoms with van der Waals surface area (Å²) >= 11 is 0. The van der Waals surface area contributed by atoms with Crippen molar-refractivity contribution in [3.8, 4) is 0 Å². The average molecular weight is 260 g/mol. The molecule has 2 saturated heterocycles. The highest BCUT2D eigenvalue weighted by molar-refractivity contribution is 5.84. The molecule has 8 heteroatoms. The summed E-state index contributed by atoms with van der Waals surface area (Å²) in [6.07, 6.45) is -0.339. The van der Waals surface area contributed by atoms with Crippen molar-refractivity contribution in [2.24, 2.45) is 5.92 Å². The maximum absolute atomic E-state index is 11.9. The van der Waals surface area contributed by atoms with Gasteiger partial charge in [0.15, 0.2) is 0 Å². The van der Waals surface area contributed by atoms with Gasteiger partial charge in [0.2, 0.25) is 0 Å². The van der Waals surface area contributed by atoms with Crippen LogP contribution in [0.2, 0.25) is 0 Å². The molecule has 1 amide bonds. The van der Waals surface area contributed by atoms with Crippen molar-refractivity contribution in [2.45, 2.75) is 12.3 Å². The van der Waals surface area contributed by atoms with Crippen molar-refractivity contribution in [1.82, 2.24) is 10.4 Å². The van der Waals surface area contributed by atoms with Crippen molar-refractivity contribution < 1.29 is 29.0 Å². The predicted molar refractivity (Wildman–Crippen MR) is 56.6 cm³/mol. The van der Waals surface area contributed by atoms with Crippen molar-refractivity contribution in [2.75, 3.05) is 33.4 Å². The van der Waals surface area contributed by atoms with Gasteiger partial charge in [-0.2, -0.15) is 0 Å². The van der Waals surface area contributed by atoms with Gasteiger partial charge in [0.1, 0.15) is 11.7 Å². The minimum Gasteiger partial charge on any atom is -0.453 e. The minimum atomic E-state index is -1.55. The fourth-order valence-electron chi connectivity index (χ4n) is 2.23. The number of methoxy groups -OCH3 is 1. The summed E-state index contributed by atoms with van der Waals surface area (Å²) in [4.78, 5) is 24.8. The Morgan fingerprint density at radius 3 is 2.78 bits per heavy atom. The summed E-state index contributed by atoms with van der Waals surface area (Å²) < 4.78 is 15.2. The van der Waals surface area contributed by atoms with E-state index in [0.717, 1.165) is 0 Å². The van der Waals surface area contributed by atoms with Crippen LogP contribution >= 0.6 is 0 Å². The van der Waals surface area contributed by atoms with Crippen LogP contribution in [0.1, 0.15) is 6.42 Å². The lowest BCUT2D eigenvalue weighted by atomic mass is 9.93. The van der Waals surface area contributed by atoms with Gasteiger partial charge in [-0.3, -0.25) is 4.79 Å². The highest BCUT2D eigenvalue weighted by Gasteiger charge is 2.51. The largest absolute Gasteiger partial charge is 0.453 e. The molecule has 0 spiro atoms. The maximum Gasteiger partial charge on any atom is 0.409 e. The summed E-state index contributed by atoms with van der Waals surface area (Å²) in [5, 5.41) is 9.18. The monoisotopic (exact) mass is 260 g/mol. The molecule has 2 fully saturated rings. The van der Waals surface area contributed by atoms with Crippen molar-refractivity contribution in [3.05, 3.63) is 0 Å². The number of nitrogens with one attached hydrogen (secondary N) is 1. The number of hydrogen-bond acceptors (Lipinski definition) is 7. The summed E-state index contributed by atoms with van der Waals surface area (Å²) in [6.45, 7) is 0.924. The molecular formula is C10H16N2O6. The fourth-order valence-corrected chi connectivity index (χ4v) is 2.23. The van der Waals surface area contributed by atoms with Crippen LogP contribution in [0.4, 0.5) is 4.79 Å². The smallest absolute Gasteiger partial charge is 0.409 e. The fraction of sp³-hybridized carbons (Fsp3) is 0.800. The van der Waals surface area contributed by atoms with Crippen LogP contribution in [0, 0.1) is 5.92 Å². The molecule has 0 aromatic heterocycles. The first-order valence-electron chi connectivity index (χ1n) is 5.68. The second kappa shape index (κ2) is 5.19. The Bertz CT molecular complexity index is 341. The van der Waals surface area contributed by atoms with Gasteiger partial charge >= 0.3 is 6.09 Å². The first-order chi connectivity index (χ1) is 8.63. The zero-order chi connectivity index (χ0) is 13.2. The van der Waals surface area contributed by atoms with Gasteiger partial charge in [0.05, 0.1) is 20.3 Å². The zero-order valence-corrected chi connectivity index (χ0v) is 10.0. The molecular weight excluding hydrogens is 244 g/mol. The highest BCUT2D eigenvalue weighted by Crippen LogP contribution is 2.30. The van der Waals surface area contributed by atoms with Gasteiger partial charge in [-0.1, -0.05) is 0 Å². The van der Waals surface area contributed by atoms with Gasteiger partial charge in [-0.15, -0.1) is 5.48 Å². The SMILES string of the molecule is COC(=O)N1CCC(=O)C(C2(NO)OCCO2)C1. The van der Waals surface area contributed by atoms with Crippen LogP contribution in [0.15, 0.2) is 0 Å². The predicted octanol–water partition coefficient (Wildman–Crippen LogP) is -0.677. The van der Waals surface area contributed by atoms with Crippen LogP contribution in [-0.2, 0) is 19.0 Å². The van der Waals surface area contributed by atoms with E-state index >= 15 is 0 Å². The Kier molecular flexibility index (Phi) is 3.81. The second-order valence-electron chi connectivity index (χ2n) is 4.16. The molecule has 0 bridgehead atoms. The number of carbonyl (C=O) groups excluding carboxylic acids is 2. The average Bonchev–Trinajstić information content (AvgIpc) is 2.88. The number of hydrogen-bond donors (Lipinski definition) is 2. The van der Waals surface area contributed by atoms with Crippen LogP contribution in [0.5, 0.6) is 0 Å². The number of piperidine rings is 1. The normalized spacial score (nSPS) is 27.3. The molecule has 2 N–H and O–H groups in total. The first-order valence-corrected chi connectivity index (χ1v) is 5.68. The molecule has 102 valence electrons. The molecule has 2 aliphatic heterocycles.